The zero-order valence-corrected chi connectivity index (χ0v) is 10.3. The second-order valence-electron chi connectivity index (χ2n) is 3.90. The standard InChI is InChI=1S/C13H19NO3/c1-3-12(9-15)14(2)13(16)17-10-11-7-5-4-6-8-11/h4-8,12,15H,3,9-10H2,1-2H3/t12-/m0/s1. The quantitative estimate of drug-likeness (QED) is 0.852. The smallest absolute Gasteiger partial charge is 0.410 e. The molecule has 4 heteroatoms. The molecule has 0 aliphatic carbocycles. The van der Waals surface area contributed by atoms with Crippen molar-refractivity contribution in [2.75, 3.05) is 13.7 Å². The maximum Gasteiger partial charge on any atom is 0.410 e. The van der Waals surface area contributed by atoms with Crippen molar-refractivity contribution in [2.24, 2.45) is 0 Å². The van der Waals surface area contributed by atoms with Gasteiger partial charge in [0, 0.05) is 7.05 Å². The van der Waals surface area contributed by atoms with E-state index in [4.69, 9.17) is 9.84 Å². The van der Waals surface area contributed by atoms with Crippen molar-refractivity contribution >= 4 is 6.09 Å². The summed E-state index contributed by atoms with van der Waals surface area (Å²) >= 11 is 0. The van der Waals surface area contributed by atoms with Gasteiger partial charge in [0.2, 0.25) is 0 Å². The van der Waals surface area contributed by atoms with E-state index in [9.17, 15) is 4.79 Å². The Balaban J connectivity index is 2.44. The zero-order chi connectivity index (χ0) is 12.7. The molecule has 1 amide bonds. The molecule has 0 spiro atoms. The Morgan fingerprint density at radius 3 is 2.59 bits per heavy atom. The molecule has 0 aliphatic heterocycles. The van der Waals surface area contributed by atoms with E-state index in [1.807, 2.05) is 37.3 Å². The molecule has 0 bridgehead atoms. The highest BCUT2D eigenvalue weighted by molar-refractivity contribution is 5.67. The fourth-order valence-electron chi connectivity index (χ4n) is 1.50. The van der Waals surface area contributed by atoms with Crippen molar-refractivity contribution in [3.8, 4) is 0 Å². The van der Waals surface area contributed by atoms with Crippen molar-refractivity contribution in [1.29, 1.82) is 0 Å². The molecule has 0 saturated carbocycles. The maximum absolute atomic E-state index is 11.7. The molecule has 0 unspecified atom stereocenters. The number of carbonyl (C=O) groups excluding carboxylic acids is 1. The molecule has 0 saturated heterocycles. The van der Waals surface area contributed by atoms with Crippen molar-refractivity contribution < 1.29 is 14.6 Å². The molecule has 1 aromatic rings. The van der Waals surface area contributed by atoms with Gasteiger partial charge in [-0.1, -0.05) is 37.3 Å². The van der Waals surface area contributed by atoms with Gasteiger partial charge >= 0.3 is 6.09 Å². The van der Waals surface area contributed by atoms with Crippen LogP contribution in [-0.4, -0.2) is 35.8 Å². The molecule has 1 aromatic carbocycles. The van der Waals surface area contributed by atoms with Gasteiger partial charge in [0.05, 0.1) is 12.6 Å². The van der Waals surface area contributed by atoms with Gasteiger partial charge in [-0.15, -0.1) is 0 Å². The average molecular weight is 237 g/mol. The summed E-state index contributed by atoms with van der Waals surface area (Å²) in [6, 6.07) is 9.33. The third-order valence-electron chi connectivity index (χ3n) is 2.72. The fourth-order valence-corrected chi connectivity index (χ4v) is 1.50. The highest BCUT2D eigenvalue weighted by atomic mass is 16.6. The van der Waals surface area contributed by atoms with Crippen LogP contribution in [-0.2, 0) is 11.3 Å². The molecular weight excluding hydrogens is 218 g/mol. The Kier molecular flexibility index (Phi) is 5.49. The van der Waals surface area contributed by atoms with Gasteiger partial charge in [0.1, 0.15) is 6.61 Å². The number of nitrogens with zero attached hydrogens (tertiary/aromatic N) is 1. The van der Waals surface area contributed by atoms with E-state index in [0.29, 0.717) is 6.42 Å². The van der Waals surface area contributed by atoms with Crippen LogP contribution < -0.4 is 0 Å². The van der Waals surface area contributed by atoms with E-state index in [2.05, 4.69) is 0 Å². The average Bonchev–Trinajstić information content (AvgIpc) is 2.38. The minimum Gasteiger partial charge on any atom is -0.445 e. The largest absolute Gasteiger partial charge is 0.445 e. The number of carbonyl (C=O) groups is 1. The molecule has 1 rings (SSSR count). The number of hydrogen-bond acceptors (Lipinski definition) is 3. The van der Waals surface area contributed by atoms with Crippen LogP contribution in [0.3, 0.4) is 0 Å². The summed E-state index contributed by atoms with van der Waals surface area (Å²) in [6.07, 6.45) is 0.294. The molecule has 0 aliphatic rings. The Morgan fingerprint density at radius 2 is 2.06 bits per heavy atom. The van der Waals surface area contributed by atoms with Crippen molar-refractivity contribution in [3.05, 3.63) is 35.9 Å². The lowest BCUT2D eigenvalue weighted by Gasteiger charge is -2.24. The number of benzene rings is 1. The SMILES string of the molecule is CC[C@@H](CO)N(C)C(=O)OCc1ccccc1. The Morgan fingerprint density at radius 1 is 1.41 bits per heavy atom. The maximum atomic E-state index is 11.7. The normalized spacial score (nSPS) is 11.9. The van der Waals surface area contributed by atoms with E-state index in [1.165, 1.54) is 4.90 Å². The molecule has 0 aromatic heterocycles. The van der Waals surface area contributed by atoms with Crippen molar-refractivity contribution in [1.82, 2.24) is 4.90 Å². The molecule has 17 heavy (non-hydrogen) atoms. The number of likely N-dealkylation sites (N-methyl/N-ethyl adjacent to an activating group) is 1. The molecular formula is C13H19NO3. The van der Waals surface area contributed by atoms with Gasteiger partial charge in [-0.3, -0.25) is 0 Å². The van der Waals surface area contributed by atoms with Gasteiger partial charge < -0.3 is 14.7 Å². The third-order valence-corrected chi connectivity index (χ3v) is 2.72. The number of rotatable bonds is 5. The number of aliphatic hydroxyl groups is 1. The summed E-state index contributed by atoms with van der Waals surface area (Å²) in [6.45, 7) is 2.13. The molecule has 1 N–H and O–H groups in total. The van der Waals surface area contributed by atoms with Gasteiger partial charge in [-0.05, 0) is 12.0 Å². The fraction of sp³-hybridized carbons (Fsp3) is 0.462. The van der Waals surface area contributed by atoms with Crippen molar-refractivity contribution in [3.63, 3.8) is 0 Å². The van der Waals surface area contributed by atoms with Crippen LogP contribution in [0.25, 0.3) is 0 Å². The van der Waals surface area contributed by atoms with Crippen LogP contribution in [0.1, 0.15) is 18.9 Å². The topological polar surface area (TPSA) is 49.8 Å². The van der Waals surface area contributed by atoms with E-state index >= 15 is 0 Å². The Labute approximate surface area is 102 Å². The second-order valence-corrected chi connectivity index (χ2v) is 3.90. The predicted octanol–water partition coefficient (Wildman–Crippen LogP) is 2.03. The first-order valence-electron chi connectivity index (χ1n) is 5.73. The minimum atomic E-state index is -0.408. The minimum absolute atomic E-state index is 0.0482. The van der Waals surface area contributed by atoms with Crippen LogP contribution in [0, 0.1) is 0 Å². The van der Waals surface area contributed by atoms with Crippen LogP contribution in [0.15, 0.2) is 30.3 Å². The third kappa shape index (κ3) is 4.07. The van der Waals surface area contributed by atoms with Crippen molar-refractivity contribution in [2.45, 2.75) is 26.0 Å². The van der Waals surface area contributed by atoms with Crippen LogP contribution in [0.5, 0.6) is 0 Å². The second kappa shape index (κ2) is 6.91. The summed E-state index contributed by atoms with van der Waals surface area (Å²) in [4.78, 5) is 13.1. The molecule has 0 heterocycles. The summed E-state index contributed by atoms with van der Waals surface area (Å²) in [7, 11) is 1.64. The number of ether oxygens (including phenoxy) is 1. The van der Waals surface area contributed by atoms with Crippen LogP contribution in [0.2, 0.25) is 0 Å². The van der Waals surface area contributed by atoms with E-state index < -0.39 is 6.09 Å². The molecule has 4 nitrogen and oxygen atoms in total. The monoisotopic (exact) mass is 237 g/mol. The lowest BCUT2D eigenvalue weighted by atomic mass is 10.2. The van der Waals surface area contributed by atoms with Gasteiger partial charge in [0.25, 0.3) is 0 Å². The lowest BCUT2D eigenvalue weighted by Crippen LogP contribution is -2.39. The van der Waals surface area contributed by atoms with Gasteiger partial charge in [0.15, 0.2) is 0 Å². The number of aliphatic hydroxyl groups excluding tert-OH is 1. The first-order chi connectivity index (χ1) is 8.19. The van der Waals surface area contributed by atoms with Gasteiger partial charge in [-0.2, -0.15) is 0 Å². The summed E-state index contributed by atoms with van der Waals surface area (Å²) in [5, 5.41) is 9.08. The summed E-state index contributed by atoms with van der Waals surface area (Å²) in [5.74, 6) is 0. The summed E-state index contributed by atoms with van der Waals surface area (Å²) < 4.78 is 5.15. The highest BCUT2D eigenvalue weighted by Gasteiger charge is 2.18. The Hall–Kier alpha value is -1.55. The summed E-state index contributed by atoms with van der Waals surface area (Å²) in [5.41, 5.74) is 0.950. The molecule has 0 radical (unpaired) electrons. The molecule has 1 atom stereocenters. The zero-order valence-electron chi connectivity index (χ0n) is 10.3. The van der Waals surface area contributed by atoms with Crippen LogP contribution in [0.4, 0.5) is 4.79 Å². The first-order valence-corrected chi connectivity index (χ1v) is 5.73. The molecule has 0 fully saturated rings. The van der Waals surface area contributed by atoms with E-state index in [0.717, 1.165) is 5.56 Å². The predicted molar refractivity (Wildman–Crippen MR) is 65.6 cm³/mol. The number of hydrogen-bond donors (Lipinski definition) is 1. The molecule has 94 valence electrons. The first kappa shape index (κ1) is 13.5. The number of amides is 1. The van der Waals surface area contributed by atoms with Crippen LogP contribution >= 0.6 is 0 Å². The Bertz CT molecular complexity index is 336. The highest BCUT2D eigenvalue weighted by Crippen LogP contribution is 2.06. The van der Waals surface area contributed by atoms with E-state index in [1.54, 1.807) is 7.05 Å². The van der Waals surface area contributed by atoms with E-state index in [-0.39, 0.29) is 19.3 Å². The van der Waals surface area contributed by atoms with Gasteiger partial charge in [-0.25, -0.2) is 4.79 Å². The lowest BCUT2D eigenvalue weighted by molar-refractivity contribution is 0.0751.